The first-order valence-electron chi connectivity index (χ1n) is 4.41. The maximum atomic E-state index is 8.41. The summed E-state index contributed by atoms with van der Waals surface area (Å²) in [5, 5.41) is 10.4. The third-order valence-corrected chi connectivity index (χ3v) is 2.43. The Morgan fingerprint density at radius 3 is 2.87 bits per heavy atom. The van der Waals surface area contributed by atoms with Gasteiger partial charge >= 0.3 is 0 Å². The van der Waals surface area contributed by atoms with E-state index in [0.717, 1.165) is 23.0 Å². The summed E-state index contributed by atoms with van der Waals surface area (Å²) in [4.78, 5) is 4.28. The first-order chi connectivity index (χ1) is 7.40. The Balaban J connectivity index is 2.18. The lowest BCUT2D eigenvalue weighted by atomic mass is 10.2. The zero-order valence-corrected chi connectivity index (χ0v) is 8.70. The molecule has 0 unspecified atom stereocenters. The van der Waals surface area contributed by atoms with E-state index in [9.17, 15) is 0 Å². The van der Waals surface area contributed by atoms with Crippen molar-refractivity contribution in [2.75, 3.05) is 0 Å². The maximum absolute atomic E-state index is 8.41. The molecule has 15 heavy (non-hydrogen) atoms. The molecule has 0 spiro atoms. The van der Waals surface area contributed by atoms with E-state index in [1.165, 1.54) is 0 Å². The van der Waals surface area contributed by atoms with Crippen LogP contribution in [0.4, 0.5) is 0 Å². The van der Waals surface area contributed by atoms with E-state index in [2.05, 4.69) is 4.98 Å². The molecule has 0 bridgehead atoms. The summed E-state index contributed by atoms with van der Waals surface area (Å²) < 4.78 is 5.31. The molecular weight excluding hydrogens is 208 g/mol. The van der Waals surface area contributed by atoms with Gasteiger partial charge in [-0.25, -0.2) is 4.98 Å². The van der Waals surface area contributed by atoms with Crippen LogP contribution in [0, 0.1) is 10.7 Å². The Kier molecular flexibility index (Phi) is 3.05. The van der Waals surface area contributed by atoms with Gasteiger partial charge < -0.3 is 4.42 Å². The molecule has 1 heterocycles. The SMILES string of the molecule is N#CSCc1coc(-c2ccccc2)n1. The van der Waals surface area contributed by atoms with Crippen molar-refractivity contribution in [1.29, 1.82) is 5.26 Å². The van der Waals surface area contributed by atoms with Gasteiger partial charge in [0, 0.05) is 5.56 Å². The van der Waals surface area contributed by atoms with Crippen LogP contribution in [-0.2, 0) is 5.75 Å². The predicted molar refractivity (Wildman–Crippen MR) is 58.8 cm³/mol. The lowest BCUT2D eigenvalue weighted by Gasteiger charge is -1.91. The zero-order chi connectivity index (χ0) is 10.5. The van der Waals surface area contributed by atoms with E-state index in [0.29, 0.717) is 11.6 Å². The fourth-order valence-electron chi connectivity index (χ4n) is 1.19. The smallest absolute Gasteiger partial charge is 0.226 e. The maximum Gasteiger partial charge on any atom is 0.226 e. The van der Waals surface area contributed by atoms with Gasteiger partial charge in [-0.05, 0) is 23.9 Å². The topological polar surface area (TPSA) is 49.8 Å². The molecule has 1 aromatic carbocycles. The second-order valence-electron chi connectivity index (χ2n) is 2.89. The summed E-state index contributed by atoms with van der Waals surface area (Å²) in [6.07, 6.45) is 1.59. The highest BCUT2D eigenvalue weighted by Crippen LogP contribution is 2.19. The lowest BCUT2D eigenvalue weighted by Crippen LogP contribution is -1.80. The van der Waals surface area contributed by atoms with Gasteiger partial charge in [0.2, 0.25) is 5.89 Å². The largest absolute Gasteiger partial charge is 0.444 e. The van der Waals surface area contributed by atoms with Crippen molar-refractivity contribution in [2.24, 2.45) is 0 Å². The Bertz CT molecular complexity index is 473. The van der Waals surface area contributed by atoms with E-state index in [4.69, 9.17) is 9.68 Å². The van der Waals surface area contributed by atoms with Crippen molar-refractivity contribution in [3.63, 3.8) is 0 Å². The number of nitriles is 1. The van der Waals surface area contributed by atoms with Crippen LogP contribution in [0.3, 0.4) is 0 Å². The number of nitrogens with zero attached hydrogens (tertiary/aromatic N) is 2. The highest BCUT2D eigenvalue weighted by molar-refractivity contribution is 8.02. The fourth-order valence-corrected chi connectivity index (χ4v) is 1.54. The molecule has 0 aliphatic heterocycles. The molecule has 3 nitrogen and oxygen atoms in total. The van der Waals surface area contributed by atoms with Gasteiger partial charge in [0.1, 0.15) is 11.7 Å². The van der Waals surface area contributed by atoms with E-state index < -0.39 is 0 Å². The van der Waals surface area contributed by atoms with Crippen molar-refractivity contribution >= 4 is 11.8 Å². The molecular formula is C11H8N2OS. The van der Waals surface area contributed by atoms with Crippen molar-refractivity contribution < 1.29 is 4.42 Å². The molecule has 4 heteroatoms. The highest BCUT2D eigenvalue weighted by Gasteiger charge is 2.05. The van der Waals surface area contributed by atoms with Gasteiger partial charge in [0.15, 0.2) is 0 Å². The van der Waals surface area contributed by atoms with E-state index >= 15 is 0 Å². The average molecular weight is 216 g/mol. The Morgan fingerprint density at radius 1 is 1.33 bits per heavy atom. The molecule has 0 fully saturated rings. The molecule has 0 saturated heterocycles. The number of benzene rings is 1. The third-order valence-electron chi connectivity index (χ3n) is 1.86. The Morgan fingerprint density at radius 2 is 2.13 bits per heavy atom. The molecule has 0 aliphatic rings. The number of thioether (sulfide) groups is 1. The Labute approximate surface area is 91.7 Å². The standard InChI is InChI=1S/C11H8N2OS/c12-8-15-7-10-6-14-11(13-10)9-4-2-1-3-5-9/h1-6H,7H2. The minimum Gasteiger partial charge on any atom is -0.444 e. The van der Waals surface area contributed by atoms with Crippen LogP contribution in [0.5, 0.6) is 0 Å². The Hall–Kier alpha value is -1.73. The number of rotatable bonds is 3. The van der Waals surface area contributed by atoms with Gasteiger partial charge in [-0.1, -0.05) is 18.2 Å². The van der Waals surface area contributed by atoms with E-state index in [1.807, 2.05) is 35.7 Å². The molecule has 0 radical (unpaired) electrons. The van der Waals surface area contributed by atoms with Gasteiger partial charge in [-0.2, -0.15) is 5.26 Å². The third kappa shape index (κ3) is 2.39. The van der Waals surface area contributed by atoms with Crippen LogP contribution in [0.2, 0.25) is 0 Å². The first-order valence-corrected chi connectivity index (χ1v) is 5.39. The van der Waals surface area contributed by atoms with Gasteiger partial charge in [0.25, 0.3) is 0 Å². The summed E-state index contributed by atoms with van der Waals surface area (Å²) in [6.45, 7) is 0. The summed E-state index contributed by atoms with van der Waals surface area (Å²) in [5.41, 5.74) is 1.74. The number of thiocyanates is 1. The molecule has 2 rings (SSSR count). The molecule has 74 valence electrons. The quantitative estimate of drug-likeness (QED) is 0.740. The first kappa shape index (κ1) is 9.81. The van der Waals surface area contributed by atoms with Gasteiger partial charge in [0.05, 0.1) is 11.4 Å². The minimum atomic E-state index is 0.562. The number of hydrogen-bond donors (Lipinski definition) is 0. The normalized spacial score (nSPS) is 9.80. The van der Waals surface area contributed by atoms with Crippen LogP contribution in [0.1, 0.15) is 5.69 Å². The predicted octanol–water partition coefficient (Wildman–Crippen LogP) is 3.06. The molecule has 0 saturated carbocycles. The highest BCUT2D eigenvalue weighted by atomic mass is 32.2. The molecule has 1 aromatic heterocycles. The van der Waals surface area contributed by atoms with Crippen molar-refractivity contribution in [3.05, 3.63) is 42.3 Å². The summed E-state index contributed by atoms with van der Waals surface area (Å²) in [5.74, 6) is 1.16. The van der Waals surface area contributed by atoms with Crippen LogP contribution in [0.25, 0.3) is 11.5 Å². The molecule has 0 aliphatic carbocycles. The minimum absolute atomic E-state index is 0.562. The number of aromatic nitrogens is 1. The zero-order valence-electron chi connectivity index (χ0n) is 7.88. The van der Waals surface area contributed by atoms with Crippen LogP contribution < -0.4 is 0 Å². The average Bonchev–Trinajstić information content (AvgIpc) is 2.76. The molecule has 0 amide bonds. The second-order valence-corrected chi connectivity index (χ2v) is 3.65. The van der Waals surface area contributed by atoms with Crippen LogP contribution in [-0.4, -0.2) is 4.98 Å². The molecule has 2 aromatic rings. The molecule has 0 N–H and O–H groups in total. The number of hydrogen-bond acceptors (Lipinski definition) is 4. The number of oxazole rings is 1. The summed E-state index contributed by atoms with van der Waals surface area (Å²) in [6, 6.07) is 9.69. The van der Waals surface area contributed by atoms with Crippen molar-refractivity contribution in [2.45, 2.75) is 5.75 Å². The van der Waals surface area contributed by atoms with E-state index in [-0.39, 0.29) is 0 Å². The summed E-state index contributed by atoms with van der Waals surface area (Å²) >= 11 is 1.15. The monoisotopic (exact) mass is 216 g/mol. The van der Waals surface area contributed by atoms with Crippen LogP contribution in [0.15, 0.2) is 41.0 Å². The van der Waals surface area contributed by atoms with E-state index in [1.54, 1.807) is 6.26 Å². The summed E-state index contributed by atoms with van der Waals surface area (Å²) in [7, 11) is 0. The second kappa shape index (κ2) is 4.67. The fraction of sp³-hybridized carbons (Fsp3) is 0.0909. The van der Waals surface area contributed by atoms with Crippen molar-refractivity contribution in [3.8, 4) is 16.9 Å². The van der Waals surface area contributed by atoms with Gasteiger partial charge in [-0.15, -0.1) is 0 Å². The van der Waals surface area contributed by atoms with Gasteiger partial charge in [-0.3, -0.25) is 0 Å². The lowest BCUT2D eigenvalue weighted by molar-refractivity contribution is 0.573. The molecule has 0 atom stereocenters. The van der Waals surface area contributed by atoms with Crippen LogP contribution >= 0.6 is 11.8 Å². The van der Waals surface area contributed by atoms with Crippen molar-refractivity contribution in [1.82, 2.24) is 4.98 Å².